The second-order valence-corrected chi connectivity index (χ2v) is 6.65. The molecule has 23 heavy (non-hydrogen) atoms. The van der Waals surface area contributed by atoms with Gasteiger partial charge in [0.05, 0.1) is 11.5 Å². The molecule has 4 rings (SSSR count). The summed E-state index contributed by atoms with van der Waals surface area (Å²) in [5, 5.41) is 0.550. The van der Waals surface area contributed by atoms with E-state index in [1.165, 1.54) is 0 Å². The van der Waals surface area contributed by atoms with Crippen LogP contribution in [-0.4, -0.2) is 38.6 Å². The van der Waals surface area contributed by atoms with Crippen molar-refractivity contribution in [3.8, 4) is 0 Å². The summed E-state index contributed by atoms with van der Waals surface area (Å²) in [7, 11) is 0. The third-order valence-corrected chi connectivity index (χ3v) is 4.50. The van der Waals surface area contributed by atoms with E-state index in [1.54, 1.807) is 13.0 Å². The number of nitrogens with one attached hydrogen (secondary N) is 1. The van der Waals surface area contributed by atoms with E-state index in [1.807, 2.05) is 24.6 Å². The fourth-order valence-corrected chi connectivity index (χ4v) is 3.57. The first kappa shape index (κ1) is 14.9. The molecule has 4 atom stereocenters. The van der Waals surface area contributed by atoms with Gasteiger partial charge in [-0.05, 0) is 33.3 Å². The van der Waals surface area contributed by atoms with Crippen molar-refractivity contribution < 1.29 is 14.2 Å². The number of rotatable bonds is 2. The highest BCUT2D eigenvalue weighted by atomic mass is 16.8. The summed E-state index contributed by atoms with van der Waals surface area (Å²) in [6.07, 6.45) is 1.96. The smallest absolute Gasteiger partial charge is 0.260 e. The molecule has 2 saturated heterocycles. The highest BCUT2D eigenvalue weighted by molar-refractivity contribution is 5.75. The Morgan fingerprint density at radius 3 is 2.83 bits per heavy atom. The van der Waals surface area contributed by atoms with E-state index in [-0.39, 0.29) is 30.1 Å². The molecule has 7 nitrogen and oxygen atoms in total. The van der Waals surface area contributed by atoms with Crippen LogP contribution in [0.1, 0.15) is 39.2 Å². The molecule has 2 aromatic rings. The maximum absolute atomic E-state index is 12.1. The Morgan fingerprint density at radius 2 is 2.09 bits per heavy atom. The summed E-state index contributed by atoms with van der Waals surface area (Å²) in [5.41, 5.74) is 0.469. The van der Waals surface area contributed by atoms with Crippen molar-refractivity contribution in [1.29, 1.82) is 0 Å². The van der Waals surface area contributed by atoms with E-state index in [4.69, 9.17) is 14.2 Å². The van der Waals surface area contributed by atoms with Crippen molar-refractivity contribution in [3.05, 3.63) is 28.4 Å². The van der Waals surface area contributed by atoms with Gasteiger partial charge in [0.15, 0.2) is 12.0 Å². The fourth-order valence-electron chi connectivity index (χ4n) is 3.57. The number of H-pyrrole nitrogens is 1. The number of aryl methyl sites for hydroxylation is 1. The Hall–Kier alpha value is -1.70. The van der Waals surface area contributed by atoms with E-state index in [0.717, 1.165) is 6.42 Å². The summed E-state index contributed by atoms with van der Waals surface area (Å²) in [6, 6.07) is 1.76. The van der Waals surface area contributed by atoms with Crippen LogP contribution in [-0.2, 0) is 14.2 Å². The van der Waals surface area contributed by atoms with E-state index in [0.29, 0.717) is 16.9 Å². The molecule has 2 aliphatic rings. The number of nitrogens with zero attached hydrogens (tertiary/aromatic N) is 2. The first-order chi connectivity index (χ1) is 10.9. The minimum Gasteiger partial charge on any atom is -0.349 e. The zero-order valence-corrected chi connectivity index (χ0v) is 13.7. The Morgan fingerprint density at radius 1 is 1.35 bits per heavy atom. The predicted octanol–water partition coefficient (Wildman–Crippen LogP) is 1.86. The number of hydrogen-bond acceptors (Lipinski definition) is 5. The number of ether oxygens (including phenoxy) is 3. The molecular weight excluding hydrogens is 298 g/mol. The number of fused-ring (bicyclic) bond motifs is 2. The van der Waals surface area contributed by atoms with Gasteiger partial charge >= 0.3 is 0 Å². The second-order valence-electron chi connectivity index (χ2n) is 6.65. The van der Waals surface area contributed by atoms with Gasteiger partial charge in [-0.3, -0.25) is 4.79 Å². The lowest BCUT2D eigenvalue weighted by Crippen LogP contribution is -2.28. The molecule has 0 aliphatic carbocycles. The Kier molecular flexibility index (Phi) is 3.16. The molecule has 0 spiro atoms. The minimum absolute atomic E-state index is 0.0349. The quantitative estimate of drug-likeness (QED) is 0.914. The number of hydrogen-bond donors (Lipinski definition) is 1. The van der Waals surface area contributed by atoms with Crippen molar-refractivity contribution in [3.63, 3.8) is 0 Å². The van der Waals surface area contributed by atoms with Gasteiger partial charge in [-0.1, -0.05) is 6.92 Å². The third kappa shape index (κ3) is 2.22. The number of aromatic nitrogens is 3. The molecule has 1 N–H and O–H groups in total. The summed E-state index contributed by atoms with van der Waals surface area (Å²) >= 11 is 0. The average molecular weight is 319 g/mol. The van der Waals surface area contributed by atoms with Gasteiger partial charge in [0.25, 0.3) is 5.56 Å². The lowest BCUT2D eigenvalue weighted by Gasteiger charge is -2.24. The van der Waals surface area contributed by atoms with Crippen molar-refractivity contribution in [1.82, 2.24) is 14.5 Å². The Balaban J connectivity index is 1.80. The molecule has 4 heterocycles. The second kappa shape index (κ2) is 4.90. The average Bonchev–Trinajstić information content (AvgIpc) is 3.09. The van der Waals surface area contributed by atoms with Gasteiger partial charge in [-0.2, -0.15) is 0 Å². The van der Waals surface area contributed by atoms with Gasteiger partial charge in [0, 0.05) is 6.20 Å². The Labute approximate surface area is 133 Å². The molecule has 2 aromatic heterocycles. The molecule has 0 amide bonds. The van der Waals surface area contributed by atoms with Crippen LogP contribution in [0.2, 0.25) is 0 Å². The molecule has 0 saturated carbocycles. The van der Waals surface area contributed by atoms with Gasteiger partial charge in [-0.25, -0.2) is 4.98 Å². The zero-order valence-electron chi connectivity index (χ0n) is 13.7. The summed E-state index contributed by atoms with van der Waals surface area (Å²) in [4.78, 5) is 19.3. The third-order valence-electron chi connectivity index (χ3n) is 4.50. The van der Waals surface area contributed by atoms with E-state index in [9.17, 15) is 4.79 Å². The van der Waals surface area contributed by atoms with Gasteiger partial charge in [0.2, 0.25) is 0 Å². The highest BCUT2D eigenvalue weighted by Crippen LogP contribution is 2.44. The van der Waals surface area contributed by atoms with E-state index < -0.39 is 5.79 Å². The van der Waals surface area contributed by atoms with Gasteiger partial charge in [-0.15, -0.1) is 0 Å². The SMILES string of the molecule is CC[C@H]1O[C@@H](n2ccc3c(=O)[nH]c(C)nc32)C2OC(C)(C)O[C@H]21. The zero-order chi connectivity index (χ0) is 16.4. The van der Waals surface area contributed by atoms with Crippen LogP contribution in [0.15, 0.2) is 17.1 Å². The van der Waals surface area contributed by atoms with Crippen LogP contribution in [0.4, 0.5) is 0 Å². The first-order valence-electron chi connectivity index (χ1n) is 7.98. The highest BCUT2D eigenvalue weighted by Gasteiger charge is 2.55. The van der Waals surface area contributed by atoms with Crippen LogP contribution in [0, 0.1) is 6.92 Å². The molecule has 2 aliphatic heterocycles. The summed E-state index contributed by atoms with van der Waals surface area (Å²) in [6.45, 7) is 7.66. The minimum atomic E-state index is -0.630. The monoisotopic (exact) mass is 319 g/mol. The first-order valence-corrected chi connectivity index (χ1v) is 7.98. The molecule has 0 radical (unpaired) electrons. The molecule has 7 heteroatoms. The van der Waals surface area contributed by atoms with Crippen LogP contribution >= 0.6 is 0 Å². The Bertz CT molecular complexity index is 809. The van der Waals surface area contributed by atoms with Crippen molar-refractivity contribution in [2.24, 2.45) is 0 Å². The molecule has 1 unspecified atom stereocenters. The largest absolute Gasteiger partial charge is 0.349 e. The standard InChI is InChI=1S/C16H21N3O4/c1-5-10-11-12(23-16(3,4)22-11)15(21-10)19-7-6-9-13(19)17-8(2)18-14(9)20/h6-7,10-12,15H,5H2,1-4H3,(H,17,18,20)/t10-,11+,12?,15-/m1/s1. The van der Waals surface area contributed by atoms with E-state index >= 15 is 0 Å². The molecule has 124 valence electrons. The maximum atomic E-state index is 12.1. The van der Waals surface area contributed by atoms with Crippen LogP contribution < -0.4 is 5.56 Å². The van der Waals surface area contributed by atoms with E-state index in [2.05, 4.69) is 16.9 Å². The molecule has 2 fully saturated rings. The van der Waals surface area contributed by atoms with Crippen LogP contribution in [0.25, 0.3) is 11.0 Å². The fraction of sp³-hybridized carbons (Fsp3) is 0.625. The molecule has 0 bridgehead atoms. The normalized spacial score (nSPS) is 32.5. The lowest BCUT2D eigenvalue weighted by molar-refractivity contribution is -0.196. The molecular formula is C16H21N3O4. The van der Waals surface area contributed by atoms with Gasteiger partial charge in [0.1, 0.15) is 23.7 Å². The van der Waals surface area contributed by atoms with Crippen LogP contribution in [0.3, 0.4) is 0 Å². The molecule has 0 aromatic carbocycles. The predicted molar refractivity (Wildman–Crippen MR) is 83.1 cm³/mol. The summed E-state index contributed by atoms with van der Waals surface area (Å²) in [5.74, 6) is -0.0536. The summed E-state index contributed by atoms with van der Waals surface area (Å²) < 4.78 is 20.1. The van der Waals surface area contributed by atoms with Crippen molar-refractivity contribution in [2.75, 3.05) is 0 Å². The maximum Gasteiger partial charge on any atom is 0.260 e. The number of aromatic amines is 1. The van der Waals surface area contributed by atoms with Gasteiger partial charge < -0.3 is 23.8 Å². The van der Waals surface area contributed by atoms with Crippen molar-refractivity contribution in [2.45, 2.75) is 64.4 Å². The van der Waals surface area contributed by atoms with Crippen LogP contribution in [0.5, 0.6) is 0 Å². The van der Waals surface area contributed by atoms with Crippen molar-refractivity contribution >= 4 is 11.0 Å². The lowest BCUT2D eigenvalue weighted by atomic mass is 10.1. The topological polar surface area (TPSA) is 78.4 Å².